The van der Waals surface area contributed by atoms with E-state index in [-0.39, 0.29) is 10.5 Å². The van der Waals surface area contributed by atoms with E-state index in [0.29, 0.717) is 12.8 Å². The summed E-state index contributed by atoms with van der Waals surface area (Å²) in [5.41, 5.74) is -0.713. The van der Waals surface area contributed by atoms with Crippen molar-refractivity contribution in [2.45, 2.75) is 29.7 Å². The molecule has 0 unspecified atom stereocenters. The Balaban J connectivity index is 2.58. The number of hydrogen-bond acceptors (Lipinski definition) is 3. The molecule has 1 aliphatic rings. The second-order valence-electron chi connectivity index (χ2n) is 4.06. The molecule has 17 heavy (non-hydrogen) atoms. The highest BCUT2D eigenvalue weighted by atomic mass is 32.2. The molecule has 1 aromatic rings. The Morgan fingerprint density at radius 2 is 2.12 bits per heavy atom. The fraction of sp³-hybridized carbons (Fsp3) is 0.417. The number of carbonyl (C=O) groups excluding carboxylic acids is 1. The van der Waals surface area contributed by atoms with Crippen molar-refractivity contribution in [1.29, 1.82) is 0 Å². The minimum Gasteiger partial charge on any atom is -0.211 e. The van der Waals surface area contributed by atoms with Crippen LogP contribution in [0.4, 0.5) is 8.78 Å². The van der Waals surface area contributed by atoms with Gasteiger partial charge in [0.05, 0.1) is 0 Å². The molecule has 0 N–H and O–H groups in total. The third-order valence-electron chi connectivity index (χ3n) is 3.17. The van der Waals surface area contributed by atoms with Crippen LogP contribution >= 0.6 is 11.8 Å². The van der Waals surface area contributed by atoms with Crippen molar-refractivity contribution < 1.29 is 13.6 Å². The summed E-state index contributed by atoms with van der Waals surface area (Å²) < 4.78 is 27.5. The molecule has 0 aromatic heterocycles. The number of isocyanates is 1. The van der Waals surface area contributed by atoms with E-state index < -0.39 is 17.2 Å². The van der Waals surface area contributed by atoms with Gasteiger partial charge in [0.25, 0.3) is 0 Å². The lowest BCUT2D eigenvalue weighted by atomic mass is 9.72. The molecular weight excluding hydrogens is 244 g/mol. The van der Waals surface area contributed by atoms with Gasteiger partial charge in [-0.3, -0.25) is 0 Å². The lowest BCUT2D eigenvalue weighted by Crippen LogP contribution is -2.33. The van der Waals surface area contributed by atoms with Crippen molar-refractivity contribution in [2.75, 3.05) is 6.26 Å². The maximum atomic E-state index is 14.1. The van der Waals surface area contributed by atoms with E-state index in [0.717, 1.165) is 30.3 Å². The molecule has 0 heterocycles. The first-order valence-electron chi connectivity index (χ1n) is 5.25. The molecule has 0 amide bonds. The van der Waals surface area contributed by atoms with Gasteiger partial charge in [0, 0.05) is 10.5 Å². The first kappa shape index (κ1) is 12.3. The number of rotatable bonds is 3. The molecule has 0 atom stereocenters. The van der Waals surface area contributed by atoms with Gasteiger partial charge in [-0.1, -0.05) is 0 Å². The van der Waals surface area contributed by atoms with Crippen LogP contribution in [0.15, 0.2) is 22.0 Å². The highest BCUT2D eigenvalue weighted by Gasteiger charge is 2.41. The zero-order chi connectivity index (χ0) is 12.5. The molecule has 0 spiro atoms. The number of halogens is 2. The molecule has 1 aliphatic carbocycles. The maximum Gasteiger partial charge on any atom is 0.235 e. The fourth-order valence-electron chi connectivity index (χ4n) is 2.09. The first-order chi connectivity index (χ1) is 8.13. The quantitative estimate of drug-likeness (QED) is 0.470. The highest BCUT2D eigenvalue weighted by Crippen LogP contribution is 2.46. The van der Waals surface area contributed by atoms with Crippen molar-refractivity contribution in [1.82, 2.24) is 0 Å². The Kier molecular flexibility index (Phi) is 3.31. The van der Waals surface area contributed by atoms with Crippen molar-refractivity contribution in [3.63, 3.8) is 0 Å². The Morgan fingerprint density at radius 1 is 1.41 bits per heavy atom. The smallest absolute Gasteiger partial charge is 0.211 e. The Hall–Kier alpha value is -1.19. The monoisotopic (exact) mass is 255 g/mol. The molecule has 1 saturated carbocycles. The lowest BCUT2D eigenvalue weighted by Gasteiger charge is -2.37. The van der Waals surface area contributed by atoms with Gasteiger partial charge >= 0.3 is 0 Å². The molecule has 1 aromatic carbocycles. The molecule has 0 saturated heterocycles. The predicted molar refractivity (Wildman–Crippen MR) is 61.8 cm³/mol. The lowest BCUT2D eigenvalue weighted by molar-refractivity contribution is 0.245. The van der Waals surface area contributed by atoms with Gasteiger partial charge in [-0.15, -0.1) is 11.8 Å². The van der Waals surface area contributed by atoms with Gasteiger partial charge in [-0.05, 0) is 37.7 Å². The zero-order valence-corrected chi connectivity index (χ0v) is 10.1. The van der Waals surface area contributed by atoms with Crippen LogP contribution in [0.1, 0.15) is 24.8 Å². The molecule has 0 bridgehead atoms. The van der Waals surface area contributed by atoms with Crippen LogP contribution in [0, 0.1) is 11.6 Å². The van der Waals surface area contributed by atoms with Gasteiger partial charge in [-0.25, -0.2) is 13.6 Å². The summed E-state index contributed by atoms with van der Waals surface area (Å²) in [5.74, 6) is -0.976. The number of aliphatic imine (C=N–C) groups is 1. The minimum absolute atomic E-state index is 0.177. The Bertz CT molecular complexity index is 494. The number of thioether (sulfide) groups is 1. The van der Waals surface area contributed by atoms with E-state index in [2.05, 4.69) is 4.99 Å². The van der Waals surface area contributed by atoms with E-state index in [1.807, 2.05) is 0 Å². The predicted octanol–water partition coefficient (Wildman–Crippen LogP) is 3.40. The third kappa shape index (κ3) is 2.01. The Morgan fingerprint density at radius 3 is 2.59 bits per heavy atom. The molecule has 1 fully saturated rings. The first-order valence-corrected chi connectivity index (χ1v) is 6.48. The second-order valence-corrected chi connectivity index (χ2v) is 4.91. The average Bonchev–Trinajstić information content (AvgIpc) is 2.26. The van der Waals surface area contributed by atoms with Crippen LogP contribution in [0.3, 0.4) is 0 Å². The minimum atomic E-state index is -0.890. The van der Waals surface area contributed by atoms with Crippen LogP contribution in [-0.4, -0.2) is 12.3 Å². The van der Waals surface area contributed by atoms with Crippen molar-refractivity contribution in [2.24, 2.45) is 4.99 Å². The SMILES string of the molecule is CSc1cc(F)cc(C2(N=C=O)CCC2)c1F. The molecule has 0 aliphatic heterocycles. The summed E-state index contributed by atoms with van der Waals surface area (Å²) in [5, 5.41) is 0. The van der Waals surface area contributed by atoms with E-state index in [4.69, 9.17) is 0 Å². The Labute approximate surface area is 102 Å². The number of benzene rings is 1. The normalized spacial score (nSPS) is 17.1. The molecular formula is C12H11F2NOS. The average molecular weight is 255 g/mol. The summed E-state index contributed by atoms with van der Waals surface area (Å²) in [6, 6.07) is 2.29. The summed E-state index contributed by atoms with van der Waals surface area (Å²) in [4.78, 5) is 14.4. The molecule has 2 nitrogen and oxygen atoms in total. The van der Waals surface area contributed by atoms with E-state index in [9.17, 15) is 13.6 Å². The third-order valence-corrected chi connectivity index (χ3v) is 3.90. The number of nitrogens with zero attached hydrogens (tertiary/aromatic N) is 1. The highest BCUT2D eigenvalue weighted by molar-refractivity contribution is 7.98. The molecule has 0 radical (unpaired) electrons. The van der Waals surface area contributed by atoms with E-state index in [1.54, 1.807) is 6.26 Å². The number of hydrogen-bond donors (Lipinski definition) is 0. The van der Waals surface area contributed by atoms with Gasteiger partial charge in [0.1, 0.15) is 17.2 Å². The van der Waals surface area contributed by atoms with Gasteiger partial charge in [-0.2, -0.15) is 4.99 Å². The summed E-state index contributed by atoms with van der Waals surface area (Å²) in [6.45, 7) is 0. The molecule has 2 rings (SSSR count). The van der Waals surface area contributed by atoms with Crippen molar-refractivity contribution in [3.8, 4) is 0 Å². The van der Waals surface area contributed by atoms with Crippen LogP contribution < -0.4 is 0 Å². The maximum absolute atomic E-state index is 14.1. The van der Waals surface area contributed by atoms with Gasteiger partial charge < -0.3 is 0 Å². The van der Waals surface area contributed by atoms with Crippen molar-refractivity contribution in [3.05, 3.63) is 29.3 Å². The summed E-state index contributed by atoms with van der Waals surface area (Å²) >= 11 is 1.14. The van der Waals surface area contributed by atoms with Crippen molar-refractivity contribution >= 4 is 17.8 Å². The summed E-state index contributed by atoms with van der Waals surface area (Å²) in [7, 11) is 0. The zero-order valence-electron chi connectivity index (χ0n) is 9.30. The van der Waals surface area contributed by atoms with Crippen LogP contribution in [0.5, 0.6) is 0 Å². The molecule has 90 valence electrons. The second kappa shape index (κ2) is 4.59. The van der Waals surface area contributed by atoms with Crippen LogP contribution in [0.2, 0.25) is 0 Å². The summed E-state index contributed by atoms with van der Waals surface area (Å²) in [6.07, 6.45) is 5.14. The van der Waals surface area contributed by atoms with Gasteiger partial charge in [0.2, 0.25) is 6.08 Å². The standard InChI is InChI=1S/C12H11F2NOS/c1-17-10-6-8(13)5-9(11(10)14)12(15-7-16)3-2-4-12/h5-6H,2-4H2,1H3. The topological polar surface area (TPSA) is 29.4 Å². The largest absolute Gasteiger partial charge is 0.235 e. The molecule has 5 heteroatoms. The van der Waals surface area contributed by atoms with Crippen LogP contribution in [0.25, 0.3) is 0 Å². The van der Waals surface area contributed by atoms with Gasteiger partial charge in [0.15, 0.2) is 0 Å². The van der Waals surface area contributed by atoms with Crippen LogP contribution in [-0.2, 0) is 10.3 Å². The fourth-order valence-corrected chi connectivity index (χ4v) is 2.61. The van der Waals surface area contributed by atoms with E-state index in [1.165, 1.54) is 6.08 Å². The van der Waals surface area contributed by atoms with E-state index >= 15 is 0 Å².